The molecule has 3 unspecified atom stereocenters. The average molecular weight is 125 g/mol. The second-order valence-electron chi connectivity index (χ2n) is 2.68. The summed E-state index contributed by atoms with van der Waals surface area (Å²) in [5.74, 6) is 0.625. The molecule has 0 bridgehead atoms. The van der Waals surface area contributed by atoms with Gasteiger partial charge in [-0.1, -0.05) is 12.2 Å². The summed E-state index contributed by atoms with van der Waals surface area (Å²) in [5, 5.41) is 0. The highest BCUT2D eigenvalue weighted by molar-refractivity contribution is 5.15. The monoisotopic (exact) mass is 125 g/mol. The van der Waals surface area contributed by atoms with Crippen molar-refractivity contribution < 1.29 is 0 Å². The summed E-state index contributed by atoms with van der Waals surface area (Å²) in [6.07, 6.45) is 4.26. The molecule has 0 aromatic rings. The minimum absolute atomic E-state index is 0.213. The zero-order valence-electron chi connectivity index (χ0n) is 5.17. The van der Waals surface area contributed by atoms with E-state index in [1.54, 1.807) is 0 Å². The van der Waals surface area contributed by atoms with Crippen LogP contribution in [0.1, 0.15) is 0 Å². The van der Waals surface area contributed by atoms with Gasteiger partial charge in [0.05, 0.1) is 0 Å². The first-order chi connectivity index (χ1) is 4.38. The van der Waals surface area contributed by atoms with E-state index in [2.05, 4.69) is 23.0 Å². The van der Waals surface area contributed by atoms with Crippen LogP contribution in [0.15, 0.2) is 12.2 Å². The molecule has 0 radical (unpaired) electrons. The van der Waals surface area contributed by atoms with Gasteiger partial charge in [-0.3, -0.25) is 10.9 Å². The van der Waals surface area contributed by atoms with Crippen LogP contribution in [-0.4, -0.2) is 18.6 Å². The van der Waals surface area contributed by atoms with Crippen molar-refractivity contribution in [2.75, 3.05) is 6.54 Å². The van der Waals surface area contributed by atoms with Crippen LogP contribution in [0.25, 0.3) is 0 Å². The fourth-order valence-corrected chi connectivity index (χ4v) is 1.49. The summed E-state index contributed by atoms with van der Waals surface area (Å²) in [5.41, 5.74) is 11.9. The molecule has 1 saturated heterocycles. The van der Waals surface area contributed by atoms with E-state index in [0.29, 0.717) is 12.0 Å². The number of hydrogen-bond donors (Lipinski definition) is 3. The van der Waals surface area contributed by atoms with Gasteiger partial charge in [-0.2, -0.15) is 0 Å². The lowest BCUT2D eigenvalue weighted by atomic mass is 10.1. The third-order valence-electron chi connectivity index (χ3n) is 2.06. The Hall–Kier alpha value is -0.380. The Bertz CT molecular complexity index is 143. The van der Waals surface area contributed by atoms with Gasteiger partial charge in [-0.25, -0.2) is 0 Å². The molecule has 4 N–H and O–H groups in total. The van der Waals surface area contributed by atoms with Crippen LogP contribution in [0.2, 0.25) is 0 Å². The van der Waals surface area contributed by atoms with Crippen molar-refractivity contribution >= 4 is 0 Å². The summed E-state index contributed by atoms with van der Waals surface area (Å²) < 4.78 is 0. The molecule has 0 aromatic heterocycles. The Morgan fingerprint density at radius 2 is 2.33 bits per heavy atom. The lowest BCUT2D eigenvalue weighted by Crippen LogP contribution is -2.42. The average Bonchev–Trinajstić information content (AvgIpc) is 2.35. The van der Waals surface area contributed by atoms with E-state index in [4.69, 9.17) is 5.73 Å². The number of rotatable bonds is 0. The summed E-state index contributed by atoms with van der Waals surface area (Å²) in [4.78, 5) is 0. The number of hydrazine groups is 1. The fourth-order valence-electron chi connectivity index (χ4n) is 1.49. The van der Waals surface area contributed by atoms with Crippen LogP contribution in [-0.2, 0) is 0 Å². The predicted molar refractivity (Wildman–Crippen MR) is 35.5 cm³/mol. The predicted octanol–water partition coefficient (Wildman–Crippen LogP) is -1.02. The van der Waals surface area contributed by atoms with Crippen molar-refractivity contribution in [1.82, 2.24) is 10.9 Å². The number of fused-ring (bicyclic) bond motifs is 1. The van der Waals surface area contributed by atoms with Gasteiger partial charge in [0, 0.05) is 24.5 Å². The van der Waals surface area contributed by atoms with E-state index >= 15 is 0 Å². The van der Waals surface area contributed by atoms with Crippen LogP contribution in [0.5, 0.6) is 0 Å². The SMILES string of the molecule is NC1C=CC2CNNC12. The molecule has 1 aliphatic heterocycles. The van der Waals surface area contributed by atoms with Crippen LogP contribution in [0, 0.1) is 5.92 Å². The topological polar surface area (TPSA) is 50.1 Å². The molecule has 50 valence electrons. The molecule has 2 rings (SSSR count). The quantitative estimate of drug-likeness (QED) is 0.363. The maximum absolute atomic E-state index is 5.73. The minimum Gasteiger partial charge on any atom is -0.323 e. The molecule has 1 aliphatic carbocycles. The first-order valence-electron chi connectivity index (χ1n) is 3.30. The normalized spacial score (nSPS) is 47.9. The van der Waals surface area contributed by atoms with Crippen LogP contribution < -0.4 is 16.6 Å². The van der Waals surface area contributed by atoms with Crippen LogP contribution in [0.3, 0.4) is 0 Å². The standard InChI is InChI=1S/C6H11N3/c7-5-2-1-4-3-8-9-6(4)5/h1-2,4-6,8-9H,3,7H2. The largest absolute Gasteiger partial charge is 0.323 e. The van der Waals surface area contributed by atoms with E-state index in [-0.39, 0.29) is 6.04 Å². The molecule has 3 atom stereocenters. The molecule has 0 saturated carbocycles. The minimum atomic E-state index is 0.213. The first-order valence-corrected chi connectivity index (χ1v) is 3.30. The first kappa shape index (κ1) is 5.41. The molecule has 3 nitrogen and oxygen atoms in total. The second-order valence-corrected chi connectivity index (χ2v) is 2.68. The summed E-state index contributed by atoms with van der Waals surface area (Å²) in [6, 6.07) is 0.662. The molecule has 0 spiro atoms. The molecular formula is C6H11N3. The Labute approximate surface area is 54.3 Å². The molecule has 0 amide bonds. The van der Waals surface area contributed by atoms with E-state index in [1.807, 2.05) is 0 Å². The molecule has 3 heteroatoms. The Morgan fingerprint density at radius 3 is 3.11 bits per heavy atom. The van der Waals surface area contributed by atoms with Crippen molar-refractivity contribution in [2.45, 2.75) is 12.1 Å². The number of hydrogen-bond acceptors (Lipinski definition) is 3. The van der Waals surface area contributed by atoms with Crippen molar-refractivity contribution in [2.24, 2.45) is 11.7 Å². The van der Waals surface area contributed by atoms with E-state index in [0.717, 1.165) is 6.54 Å². The van der Waals surface area contributed by atoms with Crippen molar-refractivity contribution in [3.05, 3.63) is 12.2 Å². The molecule has 9 heavy (non-hydrogen) atoms. The molecule has 2 aliphatic rings. The lowest BCUT2D eigenvalue weighted by Gasteiger charge is -2.12. The highest BCUT2D eigenvalue weighted by Gasteiger charge is 2.32. The summed E-state index contributed by atoms with van der Waals surface area (Å²) >= 11 is 0. The van der Waals surface area contributed by atoms with Crippen molar-refractivity contribution in [3.63, 3.8) is 0 Å². The fraction of sp³-hybridized carbons (Fsp3) is 0.667. The number of nitrogens with two attached hydrogens (primary N) is 1. The van der Waals surface area contributed by atoms with Gasteiger partial charge in [0.2, 0.25) is 0 Å². The van der Waals surface area contributed by atoms with Gasteiger partial charge >= 0.3 is 0 Å². The molecule has 0 aromatic carbocycles. The van der Waals surface area contributed by atoms with Crippen molar-refractivity contribution in [1.29, 1.82) is 0 Å². The molecular weight excluding hydrogens is 114 g/mol. The van der Waals surface area contributed by atoms with Gasteiger partial charge in [0.15, 0.2) is 0 Å². The number of nitrogens with one attached hydrogen (secondary N) is 2. The third-order valence-corrected chi connectivity index (χ3v) is 2.06. The van der Waals surface area contributed by atoms with E-state index in [9.17, 15) is 0 Å². The Morgan fingerprint density at radius 1 is 1.44 bits per heavy atom. The maximum Gasteiger partial charge on any atom is 0.0475 e. The van der Waals surface area contributed by atoms with Gasteiger partial charge in [-0.05, 0) is 0 Å². The van der Waals surface area contributed by atoms with E-state index in [1.165, 1.54) is 0 Å². The summed E-state index contributed by atoms with van der Waals surface area (Å²) in [6.45, 7) is 1.02. The summed E-state index contributed by atoms with van der Waals surface area (Å²) in [7, 11) is 0. The highest BCUT2D eigenvalue weighted by Crippen LogP contribution is 2.18. The second kappa shape index (κ2) is 1.80. The van der Waals surface area contributed by atoms with Gasteiger partial charge in [-0.15, -0.1) is 0 Å². The molecule has 1 heterocycles. The zero-order chi connectivity index (χ0) is 6.27. The molecule has 1 fully saturated rings. The Kier molecular flexibility index (Phi) is 1.08. The van der Waals surface area contributed by atoms with Crippen LogP contribution >= 0.6 is 0 Å². The third kappa shape index (κ3) is 0.694. The van der Waals surface area contributed by atoms with Crippen LogP contribution in [0.4, 0.5) is 0 Å². The van der Waals surface area contributed by atoms with Gasteiger partial charge in [0.1, 0.15) is 0 Å². The van der Waals surface area contributed by atoms with Crippen molar-refractivity contribution in [3.8, 4) is 0 Å². The smallest absolute Gasteiger partial charge is 0.0475 e. The van der Waals surface area contributed by atoms with Gasteiger partial charge < -0.3 is 5.73 Å². The highest BCUT2D eigenvalue weighted by atomic mass is 15.4. The Balaban J connectivity index is 2.15. The lowest BCUT2D eigenvalue weighted by molar-refractivity contribution is 0.495. The zero-order valence-corrected chi connectivity index (χ0v) is 5.17. The maximum atomic E-state index is 5.73. The van der Waals surface area contributed by atoms with Gasteiger partial charge in [0.25, 0.3) is 0 Å². The van der Waals surface area contributed by atoms with E-state index < -0.39 is 0 Å².